The highest BCUT2D eigenvalue weighted by Crippen LogP contribution is 2.11. The lowest BCUT2D eigenvalue weighted by Gasteiger charge is -2.23. The third kappa shape index (κ3) is 9.90. The Bertz CT molecular complexity index is 1120. The Balaban J connectivity index is 2.08. The molecule has 0 aliphatic carbocycles. The Kier molecular flexibility index (Phi) is 11.2. The smallest absolute Gasteiger partial charge is 0.326 e. The van der Waals surface area contributed by atoms with Crippen LogP contribution in [0, 0.1) is 0 Å². The number of aliphatic carboxylic acids is 2. The normalized spacial score (nSPS) is 13.8. The fourth-order valence-electron chi connectivity index (χ4n) is 3.52. The molecule has 0 saturated heterocycles. The van der Waals surface area contributed by atoms with Gasteiger partial charge < -0.3 is 37.0 Å². The van der Waals surface area contributed by atoms with E-state index in [1.54, 1.807) is 42.5 Å². The minimum absolute atomic E-state index is 0.0705. The van der Waals surface area contributed by atoms with Gasteiger partial charge in [0, 0.05) is 12.8 Å². The first kappa shape index (κ1) is 29.8. The molecule has 4 unspecified atom stereocenters. The summed E-state index contributed by atoms with van der Waals surface area (Å²) in [6.07, 6.45) is -0.553. The molecule has 38 heavy (non-hydrogen) atoms. The molecule has 2 aromatic rings. The van der Waals surface area contributed by atoms with Gasteiger partial charge in [0.25, 0.3) is 0 Å². The second-order valence-electron chi connectivity index (χ2n) is 8.79. The van der Waals surface area contributed by atoms with Gasteiger partial charge in [0.05, 0.1) is 6.04 Å². The molecule has 0 aliphatic rings. The molecule has 8 N–H and O–H groups in total. The van der Waals surface area contributed by atoms with Crippen molar-refractivity contribution < 1.29 is 39.3 Å². The number of amides is 3. The van der Waals surface area contributed by atoms with Gasteiger partial charge in [0.2, 0.25) is 17.7 Å². The number of aromatic hydroxyl groups is 1. The van der Waals surface area contributed by atoms with Crippen molar-refractivity contribution in [1.82, 2.24) is 16.0 Å². The van der Waals surface area contributed by atoms with Crippen molar-refractivity contribution in [3.63, 3.8) is 0 Å². The van der Waals surface area contributed by atoms with Crippen molar-refractivity contribution >= 4 is 29.7 Å². The molecule has 4 atom stereocenters. The first-order valence-electron chi connectivity index (χ1n) is 11.9. The van der Waals surface area contributed by atoms with Gasteiger partial charge >= 0.3 is 11.9 Å². The number of phenols is 1. The molecule has 0 spiro atoms. The van der Waals surface area contributed by atoms with Crippen molar-refractivity contribution in [2.24, 2.45) is 5.73 Å². The second-order valence-corrected chi connectivity index (χ2v) is 8.79. The van der Waals surface area contributed by atoms with Crippen molar-refractivity contribution in [1.29, 1.82) is 0 Å². The van der Waals surface area contributed by atoms with E-state index in [9.17, 15) is 34.2 Å². The van der Waals surface area contributed by atoms with E-state index >= 15 is 0 Å². The lowest BCUT2D eigenvalue weighted by Crippen LogP contribution is -2.57. The number of nitrogens with one attached hydrogen (secondary N) is 3. The predicted molar refractivity (Wildman–Crippen MR) is 136 cm³/mol. The van der Waals surface area contributed by atoms with Crippen LogP contribution in [0.15, 0.2) is 54.6 Å². The maximum atomic E-state index is 13.1. The lowest BCUT2D eigenvalue weighted by molar-refractivity contribution is -0.143. The van der Waals surface area contributed by atoms with Crippen LogP contribution in [0.5, 0.6) is 5.75 Å². The first-order chi connectivity index (χ1) is 18.0. The Labute approximate surface area is 219 Å². The van der Waals surface area contributed by atoms with Gasteiger partial charge in [-0.1, -0.05) is 42.5 Å². The number of carbonyl (C=O) groups excluding carboxylic acids is 3. The van der Waals surface area contributed by atoms with Gasteiger partial charge in [0.1, 0.15) is 23.9 Å². The maximum Gasteiger partial charge on any atom is 0.326 e. The van der Waals surface area contributed by atoms with Crippen LogP contribution in [0.25, 0.3) is 0 Å². The molecule has 12 heteroatoms. The van der Waals surface area contributed by atoms with Crippen molar-refractivity contribution in [3.05, 3.63) is 65.7 Å². The van der Waals surface area contributed by atoms with E-state index in [1.807, 2.05) is 0 Å². The van der Waals surface area contributed by atoms with E-state index in [-0.39, 0.29) is 25.0 Å². The largest absolute Gasteiger partial charge is 0.508 e. The van der Waals surface area contributed by atoms with Crippen LogP contribution in [-0.4, -0.2) is 69.1 Å². The Morgan fingerprint density at radius 2 is 1.34 bits per heavy atom. The van der Waals surface area contributed by atoms with Crippen LogP contribution in [0.3, 0.4) is 0 Å². The van der Waals surface area contributed by atoms with Gasteiger partial charge in [-0.05, 0) is 43.0 Å². The van der Waals surface area contributed by atoms with Crippen molar-refractivity contribution in [2.75, 3.05) is 0 Å². The van der Waals surface area contributed by atoms with Crippen LogP contribution < -0.4 is 21.7 Å². The summed E-state index contributed by atoms with van der Waals surface area (Å²) in [4.78, 5) is 60.5. The zero-order chi connectivity index (χ0) is 28.2. The van der Waals surface area contributed by atoms with Crippen LogP contribution in [0.1, 0.15) is 30.9 Å². The van der Waals surface area contributed by atoms with E-state index in [1.165, 1.54) is 19.1 Å². The van der Waals surface area contributed by atoms with Crippen molar-refractivity contribution in [2.45, 2.75) is 56.8 Å². The van der Waals surface area contributed by atoms with Gasteiger partial charge in [-0.25, -0.2) is 4.79 Å². The molecule has 2 rings (SSSR count). The molecule has 0 radical (unpaired) electrons. The summed E-state index contributed by atoms with van der Waals surface area (Å²) >= 11 is 0. The minimum atomic E-state index is -1.45. The molecule has 0 saturated carbocycles. The topological polar surface area (TPSA) is 208 Å². The van der Waals surface area contributed by atoms with E-state index in [2.05, 4.69) is 16.0 Å². The fourth-order valence-corrected chi connectivity index (χ4v) is 3.52. The number of rotatable bonds is 14. The number of hydrogen-bond acceptors (Lipinski definition) is 7. The zero-order valence-electron chi connectivity index (χ0n) is 20.8. The maximum absolute atomic E-state index is 13.1. The number of carboxylic acid groups (broad SMARTS) is 2. The molecule has 0 fully saturated rings. The van der Waals surface area contributed by atoms with Crippen LogP contribution >= 0.6 is 0 Å². The summed E-state index contributed by atoms with van der Waals surface area (Å²) < 4.78 is 0. The summed E-state index contributed by atoms with van der Waals surface area (Å²) in [7, 11) is 0. The number of carboxylic acids is 2. The highest BCUT2D eigenvalue weighted by Gasteiger charge is 2.29. The molecule has 204 valence electrons. The zero-order valence-corrected chi connectivity index (χ0v) is 20.8. The summed E-state index contributed by atoms with van der Waals surface area (Å²) in [6, 6.07) is 10.3. The SMILES string of the molecule is CC(NC(=O)C(Cc1ccccc1)NC(=O)C(N)Cc1ccc(O)cc1)C(=O)NC(CCC(=O)O)C(=O)O. The summed E-state index contributed by atoms with van der Waals surface area (Å²) in [5.41, 5.74) is 7.48. The third-order valence-corrected chi connectivity index (χ3v) is 5.66. The van der Waals surface area contributed by atoms with Gasteiger partial charge in [-0.2, -0.15) is 0 Å². The highest BCUT2D eigenvalue weighted by atomic mass is 16.4. The van der Waals surface area contributed by atoms with Crippen LogP contribution in [-0.2, 0) is 36.8 Å². The van der Waals surface area contributed by atoms with Gasteiger partial charge in [-0.15, -0.1) is 0 Å². The Morgan fingerprint density at radius 1 is 0.763 bits per heavy atom. The Morgan fingerprint density at radius 3 is 1.92 bits per heavy atom. The number of phenolic OH excluding ortho intramolecular Hbond substituents is 1. The number of hydrogen-bond donors (Lipinski definition) is 7. The van der Waals surface area contributed by atoms with Crippen LogP contribution in [0.4, 0.5) is 0 Å². The lowest BCUT2D eigenvalue weighted by atomic mass is 10.0. The summed E-state index contributed by atoms with van der Waals surface area (Å²) in [5.74, 6) is -4.68. The van der Waals surface area contributed by atoms with Crippen LogP contribution in [0.2, 0.25) is 0 Å². The van der Waals surface area contributed by atoms with E-state index in [0.29, 0.717) is 5.56 Å². The molecule has 0 bridgehead atoms. The average molecular weight is 529 g/mol. The number of carbonyl (C=O) groups is 5. The Hall–Kier alpha value is -4.45. The molecule has 12 nitrogen and oxygen atoms in total. The first-order valence-corrected chi connectivity index (χ1v) is 11.9. The summed E-state index contributed by atoms with van der Waals surface area (Å²) in [5, 5.41) is 34.7. The monoisotopic (exact) mass is 528 g/mol. The molecule has 0 aromatic heterocycles. The second kappa shape index (κ2) is 14.3. The summed E-state index contributed by atoms with van der Waals surface area (Å²) in [6.45, 7) is 1.33. The predicted octanol–water partition coefficient (Wildman–Crippen LogP) is -0.0716. The van der Waals surface area contributed by atoms with Gasteiger partial charge in [-0.3, -0.25) is 19.2 Å². The third-order valence-electron chi connectivity index (χ3n) is 5.66. The molecule has 0 aliphatic heterocycles. The highest BCUT2D eigenvalue weighted by molar-refractivity contribution is 5.94. The van der Waals surface area contributed by atoms with E-state index in [4.69, 9.17) is 10.8 Å². The molecular formula is C26H32N4O8. The van der Waals surface area contributed by atoms with E-state index in [0.717, 1.165) is 5.56 Å². The standard InChI is InChI=1S/C26H32N4O8/c1-15(23(34)29-20(26(37)38)11-12-22(32)33)28-25(36)21(14-16-5-3-2-4-6-16)30-24(35)19(27)13-17-7-9-18(31)10-8-17/h2-10,15,19-21,31H,11-14,27H2,1H3,(H,28,36)(H,29,34)(H,30,35)(H,32,33)(H,37,38). The number of nitrogens with two attached hydrogens (primary N) is 1. The average Bonchev–Trinajstić information content (AvgIpc) is 2.87. The molecule has 0 heterocycles. The van der Waals surface area contributed by atoms with Crippen molar-refractivity contribution in [3.8, 4) is 5.75 Å². The molecule has 3 amide bonds. The van der Waals surface area contributed by atoms with E-state index < -0.39 is 60.2 Å². The fraction of sp³-hybridized carbons (Fsp3) is 0.346. The minimum Gasteiger partial charge on any atom is -0.508 e. The molecule has 2 aromatic carbocycles. The quantitative estimate of drug-likeness (QED) is 0.175. The number of benzene rings is 2. The molecular weight excluding hydrogens is 496 g/mol. The van der Waals surface area contributed by atoms with Gasteiger partial charge in [0.15, 0.2) is 0 Å².